The fourth-order valence-electron chi connectivity index (χ4n) is 5.25. The zero-order valence-corrected chi connectivity index (χ0v) is 19.8. The van der Waals surface area contributed by atoms with Crippen LogP contribution in [0.3, 0.4) is 0 Å². The van der Waals surface area contributed by atoms with Gasteiger partial charge in [-0.15, -0.1) is 0 Å². The molecule has 0 spiro atoms. The van der Waals surface area contributed by atoms with Gasteiger partial charge in [0.1, 0.15) is 5.75 Å². The van der Waals surface area contributed by atoms with Crippen molar-refractivity contribution in [1.82, 2.24) is 0 Å². The molecule has 0 unspecified atom stereocenters. The highest BCUT2D eigenvalue weighted by Gasteiger charge is 2.55. The summed E-state index contributed by atoms with van der Waals surface area (Å²) < 4.78 is 12.3. The van der Waals surface area contributed by atoms with Gasteiger partial charge in [0, 0.05) is 12.0 Å². The van der Waals surface area contributed by atoms with E-state index in [4.69, 9.17) is 9.16 Å². The summed E-state index contributed by atoms with van der Waals surface area (Å²) in [6.07, 6.45) is 5.29. The molecule has 2 aliphatic carbocycles. The fraction of sp³-hybridized carbons (Fsp3) is 0.708. The molecule has 0 N–H and O–H groups in total. The van der Waals surface area contributed by atoms with Crippen LogP contribution in [0, 0.1) is 22.7 Å². The first-order valence-corrected chi connectivity index (χ1v) is 13.6. The summed E-state index contributed by atoms with van der Waals surface area (Å²) in [6.45, 7) is 14.5. The Morgan fingerprint density at radius 3 is 2.57 bits per heavy atom. The highest BCUT2D eigenvalue weighted by atomic mass is 28.4. The quantitative estimate of drug-likeness (QED) is 0.563. The highest BCUT2D eigenvalue weighted by molar-refractivity contribution is 6.74. The Hall–Kier alpha value is -1.31. The second-order valence-corrected chi connectivity index (χ2v) is 15.5. The minimum atomic E-state index is -1.87. The van der Waals surface area contributed by atoms with Crippen LogP contribution in [0.25, 0.3) is 0 Å². The van der Waals surface area contributed by atoms with Gasteiger partial charge in [-0.25, -0.2) is 0 Å². The van der Waals surface area contributed by atoms with E-state index >= 15 is 0 Å². The van der Waals surface area contributed by atoms with E-state index in [1.54, 1.807) is 7.11 Å². The largest absolute Gasteiger partial charge is 0.497 e. The van der Waals surface area contributed by atoms with E-state index in [2.05, 4.69) is 65.1 Å². The van der Waals surface area contributed by atoms with Gasteiger partial charge in [-0.2, -0.15) is 5.26 Å². The zero-order chi connectivity index (χ0) is 20.8. The number of nitriles is 1. The third-order valence-corrected chi connectivity index (χ3v) is 12.5. The van der Waals surface area contributed by atoms with Crippen LogP contribution in [0.2, 0.25) is 18.1 Å². The van der Waals surface area contributed by atoms with E-state index in [1.807, 2.05) is 0 Å². The molecule has 0 bridgehead atoms. The van der Waals surface area contributed by atoms with E-state index in [9.17, 15) is 5.26 Å². The predicted molar refractivity (Wildman–Crippen MR) is 117 cm³/mol. The molecular formula is C24H37NO2Si. The Morgan fingerprint density at radius 1 is 1.25 bits per heavy atom. The summed E-state index contributed by atoms with van der Waals surface area (Å²) in [5.41, 5.74) is 2.46. The second-order valence-electron chi connectivity index (χ2n) is 10.7. The molecule has 28 heavy (non-hydrogen) atoms. The third-order valence-electron chi connectivity index (χ3n) is 8.06. The zero-order valence-electron chi connectivity index (χ0n) is 18.8. The van der Waals surface area contributed by atoms with Crippen molar-refractivity contribution >= 4 is 8.32 Å². The third kappa shape index (κ3) is 3.41. The molecule has 0 saturated heterocycles. The molecule has 0 radical (unpaired) electrons. The lowest BCUT2D eigenvalue weighted by Gasteiger charge is -2.55. The van der Waals surface area contributed by atoms with Crippen molar-refractivity contribution in [2.45, 2.75) is 83.3 Å². The lowest BCUT2D eigenvalue weighted by molar-refractivity contribution is 0.0180. The Bertz CT molecular complexity index is 776. The van der Waals surface area contributed by atoms with Crippen LogP contribution in [-0.2, 0) is 16.3 Å². The molecule has 4 heteroatoms. The first-order valence-electron chi connectivity index (χ1n) is 10.7. The maximum absolute atomic E-state index is 10.1. The summed E-state index contributed by atoms with van der Waals surface area (Å²) in [5.74, 6) is 1.28. The Kier molecular flexibility index (Phi) is 5.49. The molecule has 1 aromatic carbocycles. The molecule has 3 rings (SSSR count). The summed E-state index contributed by atoms with van der Waals surface area (Å²) >= 11 is 0. The number of rotatable bonds is 4. The fourth-order valence-corrected chi connectivity index (χ4v) is 6.30. The number of methoxy groups -OCH3 is 1. The van der Waals surface area contributed by atoms with Gasteiger partial charge in [-0.1, -0.05) is 33.3 Å². The molecule has 0 amide bonds. The molecule has 1 fully saturated rings. The Morgan fingerprint density at radius 2 is 1.96 bits per heavy atom. The average Bonchev–Trinajstić information content (AvgIpc) is 2.65. The van der Waals surface area contributed by atoms with Gasteiger partial charge in [0.15, 0.2) is 8.32 Å². The molecule has 3 atom stereocenters. The molecule has 1 saturated carbocycles. The number of ether oxygens (including phenoxy) is 1. The lowest BCUT2D eigenvalue weighted by Crippen LogP contribution is -2.55. The monoisotopic (exact) mass is 399 g/mol. The van der Waals surface area contributed by atoms with E-state index in [0.717, 1.165) is 44.5 Å². The van der Waals surface area contributed by atoms with E-state index in [-0.39, 0.29) is 15.9 Å². The van der Waals surface area contributed by atoms with Crippen LogP contribution in [-0.4, -0.2) is 22.0 Å². The van der Waals surface area contributed by atoms with Crippen LogP contribution in [0.5, 0.6) is 5.75 Å². The normalized spacial score (nSPS) is 30.1. The smallest absolute Gasteiger partial charge is 0.192 e. The molecule has 0 aliphatic heterocycles. The maximum Gasteiger partial charge on any atom is 0.192 e. The molecule has 3 nitrogen and oxygen atoms in total. The van der Waals surface area contributed by atoms with Gasteiger partial charge >= 0.3 is 0 Å². The number of hydrogen-bond donors (Lipinski definition) is 0. The van der Waals surface area contributed by atoms with Gasteiger partial charge in [0.2, 0.25) is 0 Å². The molecule has 0 heterocycles. The molecule has 0 aromatic heterocycles. The van der Waals surface area contributed by atoms with Gasteiger partial charge in [-0.3, -0.25) is 0 Å². The number of aryl methyl sites for hydroxylation is 1. The number of nitrogens with zero attached hydrogens (tertiary/aromatic N) is 1. The van der Waals surface area contributed by atoms with Gasteiger partial charge in [0.05, 0.1) is 18.6 Å². The topological polar surface area (TPSA) is 42.2 Å². The van der Waals surface area contributed by atoms with Gasteiger partial charge in [0.25, 0.3) is 0 Å². The SMILES string of the molecule is COc1ccc2c(c1)CC[C@H]1[C@@]2(CO[Si](C)(C)C(C)(C)C)CCC[C@@]1(C)C#N. The van der Waals surface area contributed by atoms with Crippen LogP contribution in [0.4, 0.5) is 0 Å². The van der Waals surface area contributed by atoms with Crippen LogP contribution < -0.4 is 4.74 Å². The van der Waals surface area contributed by atoms with Gasteiger partial charge < -0.3 is 9.16 Å². The number of benzene rings is 1. The Balaban J connectivity index is 2.07. The second kappa shape index (κ2) is 7.18. The standard InChI is InChI=1S/C24H37NO2Si/c1-22(2,3)28(6,7)27-17-24-14-8-13-23(4,16-25)21(24)12-9-18-15-19(26-5)10-11-20(18)24/h10-11,15,21H,8-9,12-14,17H2,1-7H3/t21-,23+,24-/m1/s1. The predicted octanol–water partition coefficient (Wildman–Crippen LogP) is 6.23. The molecule has 1 aromatic rings. The van der Waals surface area contributed by atoms with Crippen molar-refractivity contribution in [2.75, 3.05) is 13.7 Å². The van der Waals surface area contributed by atoms with Crippen molar-refractivity contribution < 1.29 is 9.16 Å². The van der Waals surface area contributed by atoms with Crippen molar-refractivity contribution in [3.8, 4) is 11.8 Å². The van der Waals surface area contributed by atoms with Gasteiger partial charge in [-0.05, 0) is 79.9 Å². The lowest BCUT2D eigenvalue weighted by atomic mass is 9.49. The first-order chi connectivity index (χ1) is 13.0. The molecule has 2 aliphatic rings. The van der Waals surface area contributed by atoms with Crippen LogP contribution in [0.1, 0.15) is 64.5 Å². The summed E-state index contributed by atoms with van der Waals surface area (Å²) in [7, 11) is -0.140. The van der Waals surface area contributed by atoms with E-state index in [1.165, 1.54) is 11.1 Å². The van der Waals surface area contributed by atoms with Crippen molar-refractivity contribution in [2.24, 2.45) is 11.3 Å². The maximum atomic E-state index is 10.1. The van der Waals surface area contributed by atoms with Crippen molar-refractivity contribution in [3.63, 3.8) is 0 Å². The van der Waals surface area contributed by atoms with Crippen molar-refractivity contribution in [1.29, 1.82) is 5.26 Å². The molecule has 154 valence electrons. The average molecular weight is 400 g/mol. The van der Waals surface area contributed by atoms with Crippen molar-refractivity contribution in [3.05, 3.63) is 29.3 Å². The Labute approximate surface area is 172 Å². The number of hydrogen-bond acceptors (Lipinski definition) is 3. The van der Waals surface area contributed by atoms with E-state index in [0.29, 0.717) is 5.92 Å². The minimum absolute atomic E-state index is 0.0574. The number of fused-ring (bicyclic) bond motifs is 3. The summed E-state index contributed by atoms with van der Waals surface area (Å²) in [4.78, 5) is 0. The summed E-state index contributed by atoms with van der Waals surface area (Å²) in [6, 6.07) is 9.28. The minimum Gasteiger partial charge on any atom is -0.497 e. The van der Waals surface area contributed by atoms with Crippen LogP contribution in [0.15, 0.2) is 18.2 Å². The highest BCUT2D eigenvalue weighted by Crippen LogP contribution is 2.58. The molecular weight excluding hydrogens is 362 g/mol. The van der Waals surface area contributed by atoms with E-state index < -0.39 is 8.32 Å². The van der Waals surface area contributed by atoms with Crippen LogP contribution >= 0.6 is 0 Å². The summed E-state index contributed by atoms with van der Waals surface area (Å²) in [5, 5.41) is 10.3. The first kappa shape index (κ1) is 21.4.